The fourth-order valence-electron chi connectivity index (χ4n) is 1.35. The van der Waals surface area contributed by atoms with E-state index in [1.165, 1.54) is 18.4 Å². The van der Waals surface area contributed by atoms with Crippen LogP contribution in [-0.4, -0.2) is 23.2 Å². The summed E-state index contributed by atoms with van der Waals surface area (Å²) in [5.74, 6) is -1.10. The highest BCUT2D eigenvalue weighted by molar-refractivity contribution is 9.12. The monoisotopic (exact) mass is 395 g/mol. The number of halogens is 2. The van der Waals surface area contributed by atoms with Gasteiger partial charge in [-0.1, -0.05) is 0 Å². The number of aromatic nitrogens is 1. The molecule has 2 heterocycles. The summed E-state index contributed by atoms with van der Waals surface area (Å²) in [5, 5.41) is 9.02. The number of ether oxygens (including phenoxy) is 1. The summed E-state index contributed by atoms with van der Waals surface area (Å²) in [6.45, 7) is 0.0913. The van der Waals surface area contributed by atoms with Crippen LogP contribution in [0.25, 0.3) is 11.5 Å². The lowest BCUT2D eigenvalue weighted by Crippen LogP contribution is -2.00. The van der Waals surface area contributed by atoms with E-state index in [9.17, 15) is 4.79 Å². The lowest BCUT2D eigenvalue weighted by Gasteiger charge is -1.92. The van der Waals surface area contributed by atoms with Crippen molar-refractivity contribution in [2.45, 2.75) is 6.61 Å². The van der Waals surface area contributed by atoms with Crippen LogP contribution < -0.4 is 0 Å². The summed E-state index contributed by atoms with van der Waals surface area (Å²) in [7, 11) is 1.47. The van der Waals surface area contributed by atoms with E-state index in [1.54, 1.807) is 0 Å². The van der Waals surface area contributed by atoms with Crippen LogP contribution in [0.2, 0.25) is 0 Å². The van der Waals surface area contributed by atoms with E-state index in [4.69, 9.17) is 14.3 Å². The first kappa shape index (κ1) is 13.7. The van der Waals surface area contributed by atoms with Crippen LogP contribution in [0.1, 0.15) is 16.2 Å². The Morgan fingerprint density at radius 3 is 2.83 bits per heavy atom. The Bertz CT molecular complexity index is 593. The SMILES string of the molecule is COCc1nc(-c2cc(Br)sc2Br)oc1C(=O)O. The number of aromatic carboxylic acids is 1. The quantitative estimate of drug-likeness (QED) is 0.851. The van der Waals surface area contributed by atoms with Crippen LogP contribution in [-0.2, 0) is 11.3 Å². The highest BCUT2D eigenvalue weighted by Crippen LogP contribution is 2.38. The summed E-state index contributed by atoms with van der Waals surface area (Å²) in [5.41, 5.74) is 0.978. The van der Waals surface area contributed by atoms with E-state index in [0.29, 0.717) is 5.56 Å². The molecule has 0 saturated heterocycles. The molecule has 18 heavy (non-hydrogen) atoms. The Kier molecular flexibility index (Phi) is 4.21. The molecule has 0 aliphatic heterocycles. The van der Waals surface area contributed by atoms with Gasteiger partial charge in [0.15, 0.2) is 0 Å². The van der Waals surface area contributed by atoms with E-state index in [1.807, 2.05) is 6.07 Å². The first-order valence-corrected chi connectivity index (χ1v) is 7.10. The largest absolute Gasteiger partial charge is 0.475 e. The molecule has 1 N–H and O–H groups in total. The molecule has 8 heteroatoms. The van der Waals surface area contributed by atoms with Crippen LogP contribution >= 0.6 is 43.2 Å². The Hall–Kier alpha value is -0.700. The minimum atomic E-state index is -1.16. The van der Waals surface area contributed by atoms with E-state index in [2.05, 4.69) is 36.8 Å². The van der Waals surface area contributed by atoms with Gasteiger partial charge in [0.1, 0.15) is 5.69 Å². The van der Waals surface area contributed by atoms with Gasteiger partial charge in [-0.2, -0.15) is 0 Å². The average molecular weight is 397 g/mol. The van der Waals surface area contributed by atoms with Gasteiger partial charge in [-0.3, -0.25) is 0 Å². The molecular weight excluding hydrogens is 390 g/mol. The fraction of sp³-hybridized carbons (Fsp3) is 0.200. The third-order valence-corrected chi connectivity index (χ3v) is 4.40. The van der Waals surface area contributed by atoms with Crippen LogP contribution in [0.15, 0.2) is 18.1 Å². The molecule has 0 aromatic carbocycles. The van der Waals surface area contributed by atoms with Crippen LogP contribution in [0, 0.1) is 0 Å². The maximum Gasteiger partial charge on any atom is 0.373 e. The van der Waals surface area contributed by atoms with Crippen molar-refractivity contribution < 1.29 is 19.1 Å². The van der Waals surface area contributed by atoms with Crippen molar-refractivity contribution in [1.82, 2.24) is 4.98 Å². The lowest BCUT2D eigenvalue weighted by molar-refractivity contribution is 0.0656. The molecular formula is C10H7Br2NO4S. The van der Waals surface area contributed by atoms with Gasteiger partial charge in [0.05, 0.1) is 19.7 Å². The normalized spacial score (nSPS) is 10.8. The zero-order chi connectivity index (χ0) is 13.3. The molecule has 2 rings (SSSR count). The number of nitrogens with zero attached hydrogens (tertiary/aromatic N) is 1. The third kappa shape index (κ3) is 2.66. The van der Waals surface area contributed by atoms with E-state index < -0.39 is 5.97 Å². The number of carboxylic acid groups (broad SMARTS) is 1. The number of thiophene rings is 1. The molecule has 0 aliphatic carbocycles. The van der Waals surface area contributed by atoms with Gasteiger partial charge in [0.2, 0.25) is 11.7 Å². The molecule has 0 saturated carbocycles. The molecule has 0 bridgehead atoms. The van der Waals surface area contributed by atoms with Gasteiger partial charge >= 0.3 is 5.97 Å². The molecule has 2 aromatic heterocycles. The summed E-state index contributed by atoms with van der Waals surface area (Å²) in [6.07, 6.45) is 0. The topological polar surface area (TPSA) is 72.6 Å². The molecule has 2 aromatic rings. The summed E-state index contributed by atoms with van der Waals surface area (Å²) in [6, 6.07) is 1.81. The van der Waals surface area contributed by atoms with Crippen molar-refractivity contribution in [3.63, 3.8) is 0 Å². The van der Waals surface area contributed by atoms with E-state index in [-0.39, 0.29) is 24.0 Å². The molecule has 96 valence electrons. The molecule has 0 radical (unpaired) electrons. The van der Waals surface area contributed by atoms with Gasteiger partial charge in [-0.15, -0.1) is 11.3 Å². The van der Waals surface area contributed by atoms with Crippen LogP contribution in [0.4, 0.5) is 0 Å². The maximum atomic E-state index is 11.0. The second-order valence-electron chi connectivity index (χ2n) is 3.27. The van der Waals surface area contributed by atoms with Gasteiger partial charge in [-0.25, -0.2) is 9.78 Å². The Morgan fingerprint density at radius 1 is 1.61 bits per heavy atom. The minimum Gasteiger partial charge on any atom is -0.475 e. The maximum absolute atomic E-state index is 11.0. The van der Waals surface area contributed by atoms with Gasteiger partial charge in [0, 0.05) is 7.11 Å². The number of methoxy groups -OCH3 is 1. The van der Waals surface area contributed by atoms with E-state index >= 15 is 0 Å². The van der Waals surface area contributed by atoms with Crippen molar-refractivity contribution in [3.8, 4) is 11.5 Å². The fourth-order valence-corrected chi connectivity index (χ4v) is 4.13. The standard InChI is InChI=1S/C10H7Br2NO4S/c1-16-3-5-7(10(14)15)17-9(13-5)4-2-6(11)18-8(4)12/h2H,3H2,1H3,(H,14,15). The zero-order valence-corrected chi connectivity index (χ0v) is 13.1. The number of rotatable bonds is 4. The second kappa shape index (κ2) is 5.52. The number of hydrogen-bond acceptors (Lipinski definition) is 5. The number of carboxylic acids is 1. The summed E-state index contributed by atoms with van der Waals surface area (Å²) < 4.78 is 11.9. The van der Waals surface area contributed by atoms with Crippen molar-refractivity contribution in [2.24, 2.45) is 0 Å². The summed E-state index contributed by atoms with van der Waals surface area (Å²) >= 11 is 8.17. The van der Waals surface area contributed by atoms with Crippen molar-refractivity contribution in [1.29, 1.82) is 0 Å². The first-order chi connectivity index (χ1) is 8.52. The predicted molar refractivity (Wildman–Crippen MR) is 72.9 cm³/mol. The molecule has 0 atom stereocenters. The van der Waals surface area contributed by atoms with Crippen molar-refractivity contribution in [2.75, 3.05) is 7.11 Å². The second-order valence-corrected chi connectivity index (χ2v) is 7.02. The third-order valence-electron chi connectivity index (χ3n) is 2.06. The smallest absolute Gasteiger partial charge is 0.373 e. The number of oxazole rings is 1. The molecule has 0 spiro atoms. The molecule has 5 nitrogen and oxygen atoms in total. The highest BCUT2D eigenvalue weighted by Gasteiger charge is 2.22. The van der Waals surface area contributed by atoms with Gasteiger partial charge < -0.3 is 14.3 Å². The molecule has 0 aliphatic rings. The van der Waals surface area contributed by atoms with Crippen molar-refractivity contribution in [3.05, 3.63) is 25.1 Å². The molecule has 0 amide bonds. The minimum absolute atomic E-state index is 0.0913. The van der Waals surface area contributed by atoms with Crippen LogP contribution in [0.3, 0.4) is 0 Å². The molecule has 0 unspecified atom stereocenters. The average Bonchev–Trinajstić information content (AvgIpc) is 2.83. The Morgan fingerprint density at radius 2 is 2.33 bits per heavy atom. The van der Waals surface area contributed by atoms with E-state index in [0.717, 1.165) is 7.57 Å². The number of hydrogen-bond donors (Lipinski definition) is 1. The van der Waals surface area contributed by atoms with Crippen LogP contribution in [0.5, 0.6) is 0 Å². The first-order valence-electron chi connectivity index (χ1n) is 4.70. The lowest BCUT2D eigenvalue weighted by atomic mass is 10.3. The van der Waals surface area contributed by atoms with Crippen molar-refractivity contribution >= 4 is 49.2 Å². The number of carbonyl (C=O) groups is 1. The molecule has 0 fully saturated rings. The zero-order valence-electron chi connectivity index (χ0n) is 9.07. The summed E-state index contributed by atoms with van der Waals surface area (Å²) in [4.78, 5) is 15.2. The highest BCUT2D eigenvalue weighted by atomic mass is 79.9. The Balaban J connectivity index is 2.49. The predicted octanol–water partition coefficient (Wildman–Crippen LogP) is 3.77. The van der Waals surface area contributed by atoms with Gasteiger partial charge in [-0.05, 0) is 37.9 Å². The van der Waals surface area contributed by atoms with Gasteiger partial charge in [0.25, 0.3) is 0 Å². The Labute approximate surface area is 123 Å².